The Balaban J connectivity index is 2.38. The number of rotatable bonds is 3. The van der Waals surface area contributed by atoms with Crippen LogP contribution in [0, 0.1) is 6.92 Å². The molecule has 0 aromatic carbocycles. The van der Waals surface area contributed by atoms with E-state index in [1.54, 1.807) is 17.6 Å². The number of hydrogen-bond acceptors (Lipinski definition) is 2. The van der Waals surface area contributed by atoms with Gasteiger partial charge in [-0.1, -0.05) is 22.9 Å². The highest BCUT2D eigenvalue weighted by Crippen LogP contribution is 2.41. The van der Waals surface area contributed by atoms with E-state index in [1.165, 1.54) is 19.8 Å². The molecule has 1 unspecified atom stereocenters. The van der Waals surface area contributed by atoms with E-state index in [0.29, 0.717) is 0 Å². The second-order valence-electron chi connectivity index (χ2n) is 3.58. The highest BCUT2D eigenvalue weighted by Gasteiger charge is 2.20. The van der Waals surface area contributed by atoms with Crippen LogP contribution in [0.4, 0.5) is 0 Å². The van der Waals surface area contributed by atoms with Crippen molar-refractivity contribution in [2.24, 2.45) is 0 Å². The van der Waals surface area contributed by atoms with Crippen LogP contribution in [0.15, 0.2) is 27.3 Å². The zero-order valence-corrected chi connectivity index (χ0v) is 13.1. The van der Waals surface area contributed by atoms with Gasteiger partial charge in [-0.15, -0.1) is 11.3 Å². The number of hydrogen-bond donors (Lipinski definition) is 0. The second kappa shape index (κ2) is 5.07. The maximum atomic E-state index is 5.46. The lowest BCUT2D eigenvalue weighted by Crippen LogP contribution is -1.92. The van der Waals surface area contributed by atoms with Crippen LogP contribution in [-0.4, -0.2) is 0 Å². The zero-order chi connectivity index (χ0) is 11.7. The second-order valence-corrected chi connectivity index (χ2v) is 6.64. The molecule has 0 amide bonds. The van der Waals surface area contributed by atoms with Crippen LogP contribution in [0.2, 0.25) is 0 Å². The molecule has 1 atom stereocenters. The zero-order valence-electron chi connectivity index (χ0n) is 9.09. The average molecular weight is 364 g/mol. The molecule has 0 aliphatic carbocycles. The maximum absolute atomic E-state index is 5.46. The highest BCUT2D eigenvalue weighted by atomic mass is 79.9. The molecule has 86 valence electrons. The average Bonchev–Trinajstić information content (AvgIpc) is 2.83. The van der Waals surface area contributed by atoms with Crippen molar-refractivity contribution >= 4 is 43.2 Å². The van der Waals surface area contributed by atoms with Gasteiger partial charge in [-0.05, 0) is 35.0 Å². The third kappa shape index (κ3) is 2.29. The largest absolute Gasteiger partial charge is 0.469 e. The molecule has 2 aromatic heterocycles. The molecule has 2 heterocycles. The third-order valence-corrected chi connectivity index (χ3v) is 5.73. The summed E-state index contributed by atoms with van der Waals surface area (Å²) in [6.07, 6.45) is 2.68. The van der Waals surface area contributed by atoms with Gasteiger partial charge in [0.25, 0.3) is 0 Å². The Bertz CT molecular complexity index is 487. The molecule has 4 heteroatoms. The minimum absolute atomic E-state index is 0.217. The number of furan rings is 1. The van der Waals surface area contributed by atoms with E-state index in [0.717, 1.165) is 12.2 Å². The lowest BCUT2D eigenvalue weighted by Gasteiger charge is -2.08. The van der Waals surface area contributed by atoms with Gasteiger partial charge in [-0.2, -0.15) is 0 Å². The fraction of sp³-hybridized carbons (Fsp3) is 0.333. The summed E-state index contributed by atoms with van der Waals surface area (Å²) in [6.45, 7) is 4.23. The van der Waals surface area contributed by atoms with E-state index in [1.807, 2.05) is 6.07 Å². The van der Waals surface area contributed by atoms with Gasteiger partial charge in [0.05, 0.1) is 11.1 Å². The summed E-state index contributed by atoms with van der Waals surface area (Å²) in [7, 11) is 0. The van der Waals surface area contributed by atoms with Crippen LogP contribution in [0.1, 0.15) is 32.8 Å². The lowest BCUT2D eigenvalue weighted by molar-refractivity contribution is 0.512. The Kier molecular flexibility index (Phi) is 3.93. The highest BCUT2D eigenvalue weighted by molar-refractivity contribution is 9.11. The Labute approximate surface area is 116 Å². The van der Waals surface area contributed by atoms with Crippen LogP contribution < -0.4 is 0 Å². The molecule has 1 nitrogen and oxygen atoms in total. The Morgan fingerprint density at radius 1 is 1.50 bits per heavy atom. The first-order valence-electron chi connectivity index (χ1n) is 5.09. The Hall–Kier alpha value is -0.0600. The summed E-state index contributed by atoms with van der Waals surface area (Å²) in [4.78, 5) is 2.83. The molecule has 0 spiro atoms. The van der Waals surface area contributed by atoms with Crippen LogP contribution in [0.3, 0.4) is 0 Å². The maximum Gasteiger partial charge on any atom is 0.108 e. The van der Waals surface area contributed by atoms with Crippen molar-refractivity contribution in [3.8, 4) is 0 Å². The van der Waals surface area contributed by atoms with Gasteiger partial charge < -0.3 is 4.42 Å². The third-order valence-electron chi connectivity index (χ3n) is 2.44. The molecule has 2 rings (SSSR count). The molecule has 2 aromatic rings. The quantitative estimate of drug-likeness (QED) is 0.660. The van der Waals surface area contributed by atoms with Crippen LogP contribution in [-0.2, 0) is 6.42 Å². The van der Waals surface area contributed by atoms with E-state index in [2.05, 4.69) is 51.8 Å². The molecule has 0 N–H and O–H groups in total. The normalized spacial score (nSPS) is 13.0. The van der Waals surface area contributed by atoms with Crippen molar-refractivity contribution in [2.45, 2.75) is 25.1 Å². The van der Waals surface area contributed by atoms with E-state index in [4.69, 9.17) is 4.42 Å². The van der Waals surface area contributed by atoms with Crippen molar-refractivity contribution in [2.75, 3.05) is 0 Å². The molecule has 0 fully saturated rings. The minimum atomic E-state index is 0.217. The predicted molar refractivity (Wildman–Crippen MR) is 75.6 cm³/mol. The molecular formula is C12H12Br2OS. The summed E-state index contributed by atoms with van der Waals surface area (Å²) in [5.41, 5.74) is 1.23. The van der Waals surface area contributed by atoms with Crippen LogP contribution in [0.25, 0.3) is 0 Å². The Morgan fingerprint density at radius 2 is 2.25 bits per heavy atom. The molecule has 0 saturated carbocycles. The lowest BCUT2D eigenvalue weighted by atomic mass is 10.1. The first-order valence-corrected chi connectivity index (χ1v) is 7.62. The van der Waals surface area contributed by atoms with Gasteiger partial charge in [0, 0.05) is 26.2 Å². The topological polar surface area (TPSA) is 13.1 Å². The SMILES string of the molecule is CCc1occc1C(Br)c1sc(C)cc1Br. The molecule has 0 aliphatic heterocycles. The Morgan fingerprint density at radius 3 is 2.81 bits per heavy atom. The molecule has 0 aliphatic rings. The molecular weight excluding hydrogens is 352 g/mol. The molecule has 0 bridgehead atoms. The fourth-order valence-corrected chi connectivity index (χ4v) is 4.80. The number of halogens is 2. The summed E-state index contributed by atoms with van der Waals surface area (Å²) in [5, 5.41) is 0. The molecule has 0 radical (unpaired) electrons. The van der Waals surface area contributed by atoms with E-state index in [-0.39, 0.29) is 4.83 Å². The summed E-state index contributed by atoms with van der Waals surface area (Å²) >= 11 is 9.15. The summed E-state index contributed by atoms with van der Waals surface area (Å²) < 4.78 is 6.63. The van der Waals surface area contributed by atoms with Crippen molar-refractivity contribution in [3.63, 3.8) is 0 Å². The minimum Gasteiger partial charge on any atom is -0.469 e. The first kappa shape index (κ1) is 12.4. The van der Waals surface area contributed by atoms with Gasteiger partial charge in [-0.3, -0.25) is 0 Å². The first-order chi connectivity index (χ1) is 7.63. The monoisotopic (exact) mass is 362 g/mol. The summed E-state index contributed by atoms with van der Waals surface area (Å²) in [5.74, 6) is 1.06. The number of thiophene rings is 1. The van der Waals surface area contributed by atoms with Crippen LogP contribution >= 0.6 is 43.2 Å². The van der Waals surface area contributed by atoms with Gasteiger partial charge in [-0.25, -0.2) is 0 Å². The van der Waals surface area contributed by atoms with Gasteiger partial charge in [0.15, 0.2) is 0 Å². The summed E-state index contributed by atoms with van der Waals surface area (Å²) in [6, 6.07) is 4.19. The van der Waals surface area contributed by atoms with Crippen LogP contribution in [0.5, 0.6) is 0 Å². The van der Waals surface area contributed by atoms with Crippen molar-refractivity contribution in [1.82, 2.24) is 0 Å². The smallest absolute Gasteiger partial charge is 0.108 e. The standard InChI is InChI=1S/C12H12Br2OS/c1-3-10-8(4-5-15-10)11(14)12-9(13)6-7(2)16-12/h4-6,11H,3H2,1-2H3. The van der Waals surface area contributed by atoms with E-state index < -0.39 is 0 Å². The van der Waals surface area contributed by atoms with Gasteiger partial charge in [0.2, 0.25) is 0 Å². The predicted octanol–water partition coefficient (Wildman–Crippen LogP) is 5.46. The van der Waals surface area contributed by atoms with Crippen molar-refractivity contribution < 1.29 is 4.42 Å². The fourth-order valence-electron chi connectivity index (χ4n) is 1.68. The van der Waals surface area contributed by atoms with E-state index in [9.17, 15) is 0 Å². The van der Waals surface area contributed by atoms with Gasteiger partial charge in [0.1, 0.15) is 5.76 Å². The van der Waals surface area contributed by atoms with Crippen molar-refractivity contribution in [3.05, 3.63) is 43.9 Å². The molecule has 16 heavy (non-hydrogen) atoms. The van der Waals surface area contributed by atoms with Crippen molar-refractivity contribution in [1.29, 1.82) is 0 Å². The molecule has 0 saturated heterocycles. The number of aryl methyl sites for hydroxylation is 2. The van der Waals surface area contributed by atoms with Gasteiger partial charge >= 0.3 is 0 Å². The van der Waals surface area contributed by atoms with E-state index >= 15 is 0 Å². The number of alkyl halides is 1.